The van der Waals surface area contributed by atoms with Gasteiger partial charge in [-0.1, -0.05) is 47.1 Å². The van der Waals surface area contributed by atoms with Crippen LogP contribution in [-0.4, -0.2) is 24.8 Å². The smallest absolute Gasteiger partial charge is 0.210 e. The molecule has 2 heterocycles. The van der Waals surface area contributed by atoms with Crippen LogP contribution in [0.3, 0.4) is 0 Å². The summed E-state index contributed by atoms with van der Waals surface area (Å²) < 4.78 is 1.42. The van der Waals surface area contributed by atoms with Gasteiger partial charge in [0.25, 0.3) is 0 Å². The molecule has 4 aromatic rings. The summed E-state index contributed by atoms with van der Waals surface area (Å²) in [6.07, 6.45) is 0. The lowest BCUT2D eigenvalue weighted by Crippen LogP contribution is -2.11. The number of nitrogens with two attached hydrogens (primary N) is 1. The van der Waals surface area contributed by atoms with Gasteiger partial charge < -0.3 is 10.8 Å². The molecule has 0 unspecified atom stereocenters. The van der Waals surface area contributed by atoms with Crippen LogP contribution in [0, 0.1) is 0 Å². The summed E-state index contributed by atoms with van der Waals surface area (Å²) in [4.78, 5) is 7.81. The molecule has 0 aliphatic rings. The molecule has 2 aromatic carbocycles. The predicted octanol–water partition coefficient (Wildman–Crippen LogP) is 4.13. The number of fused-ring (bicyclic) bond motifs is 1. The maximum Gasteiger partial charge on any atom is 0.210 e. The third kappa shape index (κ3) is 3.18. The first kappa shape index (κ1) is 16.3. The first-order chi connectivity index (χ1) is 12.1. The lowest BCUT2D eigenvalue weighted by molar-refractivity contribution is 0.848. The Morgan fingerprint density at radius 2 is 1.96 bits per heavy atom. The van der Waals surface area contributed by atoms with Crippen molar-refractivity contribution in [3.8, 4) is 11.4 Å². The van der Waals surface area contributed by atoms with Crippen LogP contribution in [0.25, 0.3) is 22.4 Å². The van der Waals surface area contributed by atoms with Gasteiger partial charge in [-0.2, -0.15) is 0 Å². The van der Waals surface area contributed by atoms with Crippen molar-refractivity contribution in [1.82, 2.24) is 24.8 Å². The zero-order valence-corrected chi connectivity index (χ0v) is 15.1. The molecule has 9 heteroatoms. The number of nitrogen functional groups attached to an aromatic ring is 1. The molecule has 0 amide bonds. The highest BCUT2D eigenvalue weighted by molar-refractivity contribution is 7.98. The van der Waals surface area contributed by atoms with Crippen molar-refractivity contribution in [1.29, 1.82) is 0 Å². The number of benzene rings is 2. The van der Waals surface area contributed by atoms with Crippen molar-refractivity contribution < 1.29 is 0 Å². The maximum atomic E-state index is 6.22. The Bertz CT molecular complexity index is 1020. The minimum absolute atomic E-state index is 0.473. The van der Waals surface area contributed by atoms with E-state index in [9.17, 15) is 0 Å². The van der Waals surface area contributed by atoms with E-state index in [1.165, 1.54) is 16.4 Å². The fourth-order valence-electron chi connectivity index (χ4n) is 2.44. The third-order valence-electron chi connectivity index (χ3n) is 3.61. The van der Waals surface area contributed by atoms with Crippen molar-refractivity contribution in [3.05, 3.63) is 58.3 Å². The number of hydrogen-bond donors (Lipinski definition) is 2. The Kier molecular flexibility index (Phi) is 4.29. The number of hydrogen-bond acceptors (Lipinski definition) is 5. The number of nitrogens with one attached hydrogen (secondary N) is 1. The quantitative estimate of drug-likeness (QED) is 0.404. The standard InChI is InChI=1S/C16H12Cl2N6S/c17-9-5-6-10(11(18)7-9)15-22-23-16(24(15)19)25-8-14-20-12-3-1-2-4-13(12)21-14/h1-7H,8,19H2,(H,20,21). The van der Waals surface area contributed by atoms with Gasteiger partial charge in [-0.25, -0.2) is 9.66 Å². The summed E-state index contributed by atoms with van der Waals surface area (Å²) >= 11 is 13.6. The normalized spacial score (nSPS) is 11.3. The summed E-state index contributed by atoms with van der Waals surface area (Å²) in [7, 11) is 0. The highest BCUT2D eigenvalue weighted by Crippen LogP contribution is 2.30. The topological polar surface area (TPSA) is 85.4 Å². The maximum absolute atomic E-state index is 6.22. The second kappa shape index (κ2) is 6.59. The largest absolute Gasteiger partial charge is 0.341 e. The summed E-state index contributed by atoms with van der Waals surface area (Å²) in [6, 6.07) is 13.0. The van der Waals surface area contributed by atoms with E-state index in [0.717, 1.165) is 16.9 Å². The average Bonchev–Trinajstić information content (AvgIpc) is 3.16. The van der Waals surface area contributed by atoms with Crippen LogP contribution >= 0.6 is 35.0 Å². The Balaban J connectivity index is 1.56. The molecule has 0 radical (unpaired) electrons. The SMILES string of the molecule is Nn1c(SCc2nc3ccccc3[nH]2)nnc1-c1ccc(Cl)cc1Cl. The molecule has 0 atom stereocenters. The first-order valence-corrected chi connectivity index (χ1v) is 9.08. The number of thioether (sulfide) groups is 1. The van der Waals surface area contributed by atoms with Crippen molar-refractivity contribution >= 4 is 46.0 Å². The van der Waals surface area contributed by atoms with Gasteiger partial charge in [0.2, 0.25) is 5.16 Å². The number of H-pyrrole nitrogens is 1. The van der Waals surface area contributed by atoms with Crippen LogP contribution in [0.15, 0.2) is 47.6 Å². The first-order valence-electron chi connectivity index (χ1n) is 7.34. The zero-order chi connectivity index (χ0) is 17.4. The Labute approximate surface area is 157 Å². The van der Waals surface area contributed by atoms with Gasteiger partial charge in [0, 0.05) is 10.6 Å². The van der Waals surface area contributed by atoms with Crippen molar-refractivity contribution in [3.63, 3.8) is 0 Å². The van der Waals surface area contributed by atoms with E-state index in [2.05, 4.69) is 20.2 Å². The second-order valence-corrected chi connectivity index (χ2v) is 7.08. The van der Waals surface area contributed by atoms with E-state index in [0.29, 0.717) is 32.3 Å². The number of halogens is 2. The molecule has 0 saturated heterocycles. The van der Waals surface area contributed by atoms with Crippen LogP contribution in [0.5, 0.6) is 0 Å². The van der Waals surface area contributed by atoms with E-state index in [1.807, 2.05) is 24.3 Å². The van der Waals surface area contributed by atoms with Crippen molar-refractivity contribution in [2.75, 3.05) is 5.84 Å². The van der Waals surface area contributed by atoms with Gasteiger partial charge in [0.1, 0.15) is 5.82 Å². The molecule has 2 aromatic heterocycles. The van der Waals surface area contributed by atoms with Crippen LogP contribution in [0.2, 0.25) is 10.0 Å². The molecule has 0 saturated carbocycles. The minimum atomic E-state index is 0.473. The monoisotopic (exact) mass is 390 g/mol. The lowest BCUT2D eigenvalue weighted by atomic mass is 10.2. The number of aromatic nitrogens is 5. The van der Waals surface area contributed by atoms with Gasteiger partial charge in [-0.15, -0.1) is 10.2 Å². The number of imidazole rings is 1. The van der Waals surface area contributed by atoms with Crippen molar-refractivity contribution in [2.45, 2.75) is 10.9 Å². The Hall–Kier alpha value is -2.22. The Morgan fingerprint density at radius 1 is 1.12 bits per heavy atom. The van der Waals surface area contributed by atoms with Gasteiger partial charge in [-0.05, 0) is 30.3 Å². The molecular formula is C16H12Cl2N6S. The fraction of sp³-hybridized carbons (Fsp3) is 0.0625. The van der Waals surface area contributed by atoms with Crippen LogP contribution in [-0.2, 0) is 5.75 Å². The van der Waals surface area contributed by atoms with Gasteiger partial charge in [0.05, 0.1) is 21.8 Å². The van der Waals surface area contributed by atoms with Crippen LogP contribution in [0.4, 0.5) is 0 Å². The molecule has 0 aliphatic carbocycles. The van der Waals surface area contributed by atoms with E-state index < -0.39 is 0 Å². The molecule has 25 heavy (non-hydrogen) atoms. The average molecular weight is 391 g/mol. The molecule has 0 fully saturated rings. The minimum Gasteiger partial charge on any atom is -0.341 e. The molecule has 0 aliphatic heterocycles. The van der Waals surface area contributed by atoms with Crippen LogP contribution in [0.1, 0.15) is 5.82 Å². The van der Waals surface area contributed by atoms with E-state index in [1.54, 1.807) is 18.2 Å². The lowest BCUT2D eigenvalue weighted by Gasteiger charge is -2.05. The van der Waals surface area contributed by atoms with Gasteiger partial charge in [-0.3, -0.25) is 0 Å². The molecule has 4 rings (SSSR count). The highest BCUT2D eigenvalue weighted by Gasteiger charge is 2.15. The second-order valence-electron chi connectivity index (χ2n) is 5.29. The summed E-state index contributed by atoms with van der Waals surface area (Å²) in [5.74, 6) is 8.05. The van der Waals surface area contributed by atoms with Crippen molar-refractivity contribution in [2.24, 2.45) is 0 Å². The highest BCUT2D eigenvalue weighted by atomic mass is 35.5. The van der Waals surface area contributed by atoms with E-state index >= 15 is 0 Å². The van der Waals surface area contributed by atoms with Gasteiger partial charge >= 0.3 is 0 Å². The number of aromatic amines is 1. The number of nitrogens with zero attached hydrogens (tertiary/aromatic N) is 4. The molecule has 0 spiro atoms. The van der Waals surface area contributed by atoms with E-state index in [-0.39, 0.29) is 0 Å². The van der Waals surface area contributed by atoms with E-state index in [4.69, 9.17) is 29.0 Å². The fourth-order valence-corrected chi connectivity index (χ4v) is 3.66. The summed E-state index contributed by atoms with van der Waals surface area (Å²) in [5, 5.41) is 9.88. The molecular weight excluding hydrogens is 379 g/mol. The molecule has 3 N–H and O–H groups in total. The van der Waals surface area contributed by atoms with Crippen LogP contribution < -0.4 is 5.84 Å². The summed E-state index contributed by atoms with van der Waals surface area (Å²) in [6.45, 7) is 0. The molecule has 6 nitrogen and oxygen atoms in total. The van der Waals surface area contributed by atoms with Gasteiger partial charge in [0.15, 0.2) is 5.82 Å². The third-order valence-corrected chi connectivity index (χ3v) is 5.12. The number of rotatable bonds is 4. The summed E-state index contributed by atoms with van der Waals surface area (Å²) in [5.41, 5.74) is 2.61. The zero-order valence-electron chi connectivity index (χ0n) is 12.8. The predicted molar refractivity (Wildman–Crippen MR) is 101 cm³/mol. The number of para-hydroxylation sites is 2. The Morgan fingerprint density at radius 3 is 2.76 bits per heavy atom. The molecule has 126 valence electrons. The molecule has 0 bridgehead atoms.